The SMILES string of the molecule is CC(C#N)CC(O)c1ccc(Cl)cc1. The molecule has 1 rings (SSSR count). The Hall–Kier alpha value is -1.04. The standard InChI is InChI=1S/C11H12ClNO/c1-8(7-13)6-11(14)9-2-4-10(12)5-3-9/h2-5,8,11,14H,6H2,1H3. The van der Waals surface area contributed by atoms with Gasteiger partial charge in [0.25, 0.3) is 0 Å². The van der Waals surface area contributed by atoms with Gasteiger partial charge in [0.2, 0.25) is 0 Å². The van der Waals surface area contributed by atoms with E-state index in [1.165, 1.54) is 0 Å². The molecule has 1 aromatic rings. The predicted molar refractivity (Wildman–Crippen MR) is 55.8 cm³/mol. The number of hydrogen-bond acceptors (Lipinski definition) is 2. The van der Waals surface area contributed by atoms with Gasteiger partial charge < -0.3 is 5.11 Å². The normalized spacial score (nSPS) is 14.4. The van der Waals surface area contributed by atoms with Crippen LogP contribution >= 0.6 is 11.6 Å². The summed E-state index contributed by atoms with van der Waals surface area (Å²) < 4.78 is 0. The van der Waals surface area contributed by atoms with Crippen LogP contribution in [0, 0.1) is 17.2 Å². The lowest BCUT2D eigenvalue weighted by Gasteiger charge is -2.11. The summed E-state index contributed by atoms with van der Waals surface area (Å²) in [5.74, 6) is -0.138. The molecule has 2 atom stereocenters. The van der Waals surface area contributed by atoms with Crippen LogP contribution < -0.4 is 0 Å². The predicted octanol–water partition coefficient (Wildman–Crippen LogP) is 2.92. The summed E-state index contributed by atoms with van der Waals surface area (Å²) in [5.41, 5.74) is 0.802. The summed E-state index contributed by atoms with van der Waals surface area (Å²) in [6.45, 7) is 1.79. The van der Waals surface area contributed by atoms with Crippen LogP contribution in [-0.2, 0) is 0 Å². The smallest absolute Gasteiger partial charge is 0.0802 e. The summed E-state index contributed by atoms with van der Waals surface area (Å²) in [5, 5.41) is 19.0. The van der Waals surface area contributed by atoms with Crippen LogP contribution in [0.5, 0.6) is 0 Å². The van der Waals surface area contributed by atoms with Crippen molar-refractivity contribution in [3.63, 3.8) is 0 Å². The van der Waals surface area contributed by atoms with Crippen molar-refractivity contribution < 1.29 is 5.11 Å². The number of rotatable bonds is 3. The molecule has 0 spiro atoms. The molecule has 0 amide bonds. The maximum Gasteiger partial charge on any atom is 0.0802 e. The van der Waals surface area contributed by atoms with Gasteiger partial charge in [0.1, 0.15) is 0 Å². The van der Waals surface area contributed by atoms with Crippen molar-refractivity contribution in [3.05, 3.63) is 34.9 Å². The van der Waals surface area contributed by atoms with E-state index < -0.39 is 6.10 Å². The van der Waals surface area contributed by atoms with Gasteiger partial charge in [0.05, 0.1) is 12.2 Å². The van der Waals surface area contributed by atoms with E-state index in [1.54, 1.807) is 31.2 Å². The zero-order valence-corrected chi connectivity index (χ0v) is 8.70. The quantitative estimate of drug-likeness (QED) is 0.832. The number of halogens is 1. The molecule has 3 heteroatoms. The average molecular weight is 210 g/mol. The van der Waals surface area contributed by atoms with E-state index in [0.717, 1.165) is 5.56 Å². The third-order valence-electron chi connectivity index (χ3n) is 2.05. The van der Waals surface area contributed by atoms with Crippen molar-refractivity contribution in [3.8, 4) is 6.07 Å². The minimum atomic E-state index is -0.582. The van der Waals surface area contributed by atoms with E-state index in [1.807, 2.05) is 0 Å². The molecule has 2 nitrogen and oxygen atoms in total. The van der Waals surface area contributed by atoms with Crippen molar-refractivity contribution in [2.75, 3.05) is 0 Å². The van der Waals surface area contributed by atoms with Gasteiger partial charge in [-0.3, -0.25) is 0 Å². The first-order chi connectivity index (χ1) is 6.63. The van der Waals surface area contributed by atoms with Crippen molar-refractivity contribution in [2.24, 2.45) is 5.92 Å². The second-order valence-corrected chi connectivity index (χ2v) is 3.77. The fraction of sp³-hybridized carbons (Fsp3) is 0.364. The molecule has 14 heavy (non-hydrogen) atoms. The van der Waals surface area contributed by atoms with Gasteiger partial charge in [-0.15, -0.1) is 0 Å². The summed E-state index contributed by atoms with van der Waals surface area (Å²) in [6, 6.07) is 9.11. The third kappa shape index (κ3) is 3.02. The Morgan fingerprint density at radius 2 is 2.00 bits per heavy atom. The minimum Gasteiger partial charge on any atom is -0.388 e. The largest absolute Gasteiger partial charge is 0.388 e. The fourth-order valence-electron chi connectivity index (χ4n) is 1.21. The first kappa shape index (κ1) is 11.0. The molecule has 0 radical (unpaired) electrons. The van der Waals surface area contributed by atoms with Crippen LogP contribution in [-0.4, -0.2) is 5.11 Å². The number of aliphatic hydroxyl groups excluding tert-OH is 1. The molecule has 0 fully saturated rings. The number of hydrogen-bond donors (Lipinski definition) is 1. The molecule has 0 aliphatic carbocycles. The van der Waals surface area contributed by atoms with Crippen LogP contribution in [0.3, 0.4) is 0 Å². The van der Waals surface area contributed by atoms with Crippen molar-refractivity contribution in [2.45, 2.75) is 19.4 Å². The van der Waals surface area contributed by atoms with Crippen molar-refractivity contribution in [1.29, 1.82) is 5.26 Å². The Labute approximate surface area is 88.7 Å². The van der Waals surface area contributed by atoms with Gasteiger partial charge in [-0.05, 0) is 31.0 Å². The van der Waals surface area contributed by atoms with E-state index in [0.29, 0.717) is 11.4 Å². The highest BCUT2D eigenvalue weighted by Gasteiger charge is 2.11. The Morgan fingerprint density at radius 1 is 1.43 bits per heavy atom. The Kier molecular flexibility index (Phi) is 3.94. The van der Waals surface area contributed by atoms with Crippen molar-refractivity contribution >= 4 is 11.6 Å². The lowest BCUT2D eigenvalue weighted by atomic mass is 9.99. The lowest BCUT2D eigenvalue weighted by Crippen LogP contribution is -2.02. The number of benzene rings is 1. The van der Waals surface area contributed by atoms with Gasteiger partial charge in [0, 0.05) is 10.9 Å². The van der Waals surface area contributed by atoms with Crippen LogP contribution in [0.4, 0.5) is 0 Å². The van der Waals surface area contributed by atoms with E-state index in [2.05, 4.69) is 6.07 Å². The van der Waals surface area contributed by atoms with Gasteiger partial charge >= 0.3 is 0 Å². The summed E-state index contributed by atoms with van der Waals surface area (Å²) in [6.07, 6.45) is -0.125. The summed E-state index contributed by atoms with van der Waals surface area (Å²) in [7, 11) is 0. The molecular weight excluding hydrogens is 198 g/mol. The minimum absolute atomic E-state index is 0.138. The molecule has 0 heterocycles. The maximum absolute atomic E-state index is 9.72. The molecule has 2 unspecified atom stereocenters. The molecule has 0 aliphatic heterocycles. The van der Waals surface area contributed by atoms with Crippen LogP contribution in [0.2, 0.25) is 5.02 Å². The molecule has 1 aromatic carbocycles. The number of nitriles is 1. The third-order valence-corrected chi connectivity index (χ3v) is 2.30. The summed E-state index contributed by atoms with van der Waals surface area (Å²) in [4.78, 5) is 0. The molecular formula is C11H12ClNO. The van der Waals surface area contributed by atoms with E-state index >= 15 is 0 Å². The highest BCUT2D eigenvalue weighted by atomic mass is 35.5. The van der Waals surface area contributed by atoms with Gasteiger partial charge in [-0.25, -0.2) is 0 Å². The zero-order valence-electron chi connectivity index (χ0n) is 7.94. The number of nitrogens with zero attached hydrogens (tertiary/aromatic N) is 1. The summed E-state index contributed by atoms with van der Waals surface area (Å²) >= 11 is 5.72. The second kappa shape index (κ2) is 4.99. The van der Waals surface area contributed by atoms with Crippen LogP contribution in [0.1, 0.15) is 25.0 Å². The van der Waals surface area contributed by atoms with Crippen molar-refractivity contribution in [1.82, 2.24) is 0 Å². The van der Waals surface area contributed by atoms with E-state index in [4.69, 9.17) is 16.9 Å². The molecule has 0 aliphatic rings. The lowest BCUT2D eigenvalue weighted by molar-refractivity contribution is 0.156. The first-order valence-corrected chi connectivity index (χ1v) is 4.84. The molecule has 0 bridgehead atoms. The highest BCUT2D eigenvalue weighted by molar-refractivity contribution is 6.30. The molecule has 1 N–H and O–H groups in total. The number of aliphatic hydroxyl groups is 1. The van der Waals surface area contributed by atoms with Crippen LogP contribution in [0.15, 0.2) is 24.3 Å². The molecule has 0 saturated heterocycles. The monoisotopic (exact) mass is 209 g/mol. The Morgan fingerprint density at radius 3 is 2.50 bits per heavy atom. The Bertz CT molecular complexity index is 328. The first-order valence-electron chi connectivity index (χ1n) is 4.46. The van der Waals surface area contributed by atoms with Crippen LogP contribution in [0.25, 0.3) is 0 Å². The molecule has 74 valence electrons. The Balaban J connectivity index is 2.66. The highest BCUT2D eigenvalue weighted by Crippen LogP contribution is 2.22. The van der Waals surface area contributed by atoms with Gasteiger partial charge in [-0.1, -0.05) is 23.7 Å². The second-order valence-electron chi connectivity index (χ2n) is 3.33. The fourth-order valence-corrected chi connectivity index (χ4v) is 1.33. The molecule has 0 saturated carbocycles. The maximum atomic E-state index is 9.72. The molecule has 0 aromatic heterocycles. The van der Waals surface area contributed by atoms with Gasteiger partial charge in [-0.2, -0.15) is 5.26 Å². The van der Waals surface area contributed by atoms with E-state index in [-0.39, 0.29) is 5.92 Å². The topological polar surface area (TPSA) is 44.0 Å². The van der Waals surface area contributed by atoms with E-state index in [9.17, 15) is 5.11 Å². The average Bonchev–Trinajstić information content (AvgIpc) is 2.18. The van der Waals surface area contributed by atoms with Gasteiger partial charge in [0.15, 0.2) is 0 Å². The zero-order chi connectivity index (χ0) is 10.6.